The number of hydrogen-bond donors (Lipinski definition) is 1. The van der Waals surface area contributed by atoms with Gasteiger partial charge in [-0.3, -0.25) is 14.9 Å². The number of amides is 1. The second-order valence-corrected chi connectivity index (χ2v) is 4.37. The molecular formula is C13H10ClN3O3. The molecule has 1 aromatic carbocycles. The standard InChI is InChI=1S/C13H10ClN3O3/c14-12-8-10(5-6-15-12)16-13(18)7-9-3-1-2-4-11(9)17(19)20/h1-6,8H,7H2,(H,15,16,18). The molecule has 1 N–H and O–H groups in total. The first-order valence-corrected chi connectivity index (χ1v) is 6.08. The summed E-state index contributed by atoms with van der Waals surface area (Å²) in [5.41, 5.74) is 0.777. The highest BCUT2D eigenvalue weighted by Crippen LogP contribution is 2.19. The van der Waals surface area contributed by atoms with E-state index in [2.05, 4.69) is 10.3 Å². The van der Waals surface area contributed by atoms with E-state index < -0.39 is 4.92 Å². The Kier molecular flexibility index (Phi) is 4.27. The van der Waals surface area contributed by atoms with Gasteiger partial charge in [-0.15, -0.1) is 0 Å². The van der Waals surface area contributed by atoms with Crippen molar-refractivity contribution < 1.29 is 9.72 Å². The van der Waals surface area contributed by atoms with Crippen LogP contribution >= 0.6 is 11.6 Å². The Hall–Kier alpha value is -2.47. The quantitative estimate of drug-likeness (QED) is 0.533. The fourth-order valence-corrected chi connectivity index (χ4v) is 1.87. The van der Waals surface area contributed by atoms with E-state index in [1.807, 2.05) is 0 Å². The van der Waals surface area contributed by atoms with Gasteiger partial charge in [-0.25, -0.2) is 4.98 Å². The maximum Gasteiger partial charge on any atom is 0.273 e. The van der Waals surface area contributed by atoms with Gasteiger partial charge >= 0.3 is 0 Å². The predicted molar refractivity (Wildman–Crippen MR) is 74.7 cm³/mol. The Morgan fingerprint density at radius 2 is 2.10 bits per heavy atom. The van der Waals surface area contributed by atoms with Crippen LogP contribution in [0.15, 0.2) is 42.6 Å². The molecule has 2 rings (SSSR count). The highest BCUT2D eigenvalue weighted by Gasteiger charge is 2.15. The number of nitro benzene ring substituents is 1. The van der Waals surface area contributed by atoms with Crippen molar-refractivity contribution in [2.24, 2.45) is 0 Å². The second kappa shape index (κ2) is 6.12. The third-order valence-corrected chi connectivity index (χ3v) is 2.76. The summed E-state index contributed by atoms with van der Waals surface area (Å²) in [4.78, 5) is 26.0. The summed E-state index contributed by atoms with van der Waals surface area (Å²) in [5, 5.41) is 13.7. The third kappa shape index (κ3) is 3.52. The topological polar surface area (TPSA) is 85.1 Å². The molecule has 1 aromatic heterocycles. The average molecular weight is 292 g/mol. The number of pyridine rings is 1. The predicted octanol–water partition coefficient (Wildman–Crippen LogP) is 2.82. The SMILES string of the molecule is O=C(Cc1ccccc1[N+](=O)[O-])Nc1ccnc(Cl)c1. The van der Waals surface area contributed by atoms with E-state index in [9.17, 15) is 14.9 Å². The smallest absolute Gasteiger partial charge is 0.273 e. The van der Waals surface area contributed by atoms with E-state index >= 15 is 0 Å². The molecule has 7 heteroatoms. The van der Waals surface area contributed by atoms with Crippen molar-refractivity contribution >= 4 is 28.9 Å². The lowest BCUT2D eigenvalue weighted by Gasteiger charge is -2.05. The zero-order valence-electron chi connectivity index (χ0n) is 10.2. The van der Waals surface area contributed by atoms with Gasteiger partial charge in [0.05, 0.1) is 11.3 Å². The molecule has 6 nitrogen and oxygen atoms in total. The average Bonchev–Trinajstić information content (AvgIpc) is 2.38. The highest BCUT2D eigenvalue weighted by atomic mass is 35.5. The molecule has 0 aliphatic heterocycles. The number of anilines is 1. The number of nitrogens with zero attached hydrogens (tertiary/aromatic N) is 2. The molecule has 1 amide bonds. The number of carbonyl (C=O) groups is 1. The summed E-state index contributed by atoms with van der Waals surface area (Å²) in [6.45, 7) is 0. The Morgan fingerprint density at radius 1 is 1.35 bits per heavy atom. The summed E-state index contributed by atoms with van der Waals surface area (Å²) in [5.74, 6) is -0.360. The minimum absolute atomic E-state index is 0.0737. The van der Waals surface area contributed by atoms with Crippen LogP contribution in [0.4, 0.5) is 11.4 Å². The molecule has 0 bridgehead atoms. The van der Waals surface area contributed by atoms with Gasteiger partial charge in [-0.05, 0) is 12.1 Å². The van der Waals surface area contributed by atoms with Crippen LogP contribution in [0, 0.1) is 10.1 Å². The molecule has 0 radical (unpaired) electrons. The van der Waals surface area contributed by atoms with Crippen molar-refractivity contribution in [2.45, 2.75) is 6.42 Å². The fourth-order valence-electron chi connectivity index (χ4n) is 1.70. The van der Waals surface area contributed by atoms with Crippen molar-refractivity contribution in [3.8, 4) is 0 Å². The lowest BCUT2D eigenvalue weighted by molar-refractivity contribution is -0.385. The minimum atomic E-state index is -0.508. The van der Waals surface area contributed by atoms with Crippen LogP contribution in [0.25, 0.3) is 0 Å². The minimum Gasteiger partial charge on any atom is -0.326 e. The van der Waals surface area contributed by atoms with Crippen LogP contribution in [0.5, 0.6) is 0 Å². The number of nitro groups is 1. The van der Waals surface area contributed by atoms with E-state index in [0.29, 0.717) is 11.3 Å². The van der Waals surface area contributed by atoms with Gasteiger partial charge in [0, 0.05) is 23.5 Å². The zero-order valence-corrected chi connectivity index (χ0v) is 11.0. The number of para-hydroxylation sites is 1. The van der Waals surface area contributed by atoms with Crippen molar-refractivity contribution in [3.05, 3.63) is 63.4 Å². The van der Waals surface area contributed by atoms with Gasteiger partial charge in [0.1, 0.15) is 5.15 Å². The molecule has 102 valence electrons. The molecule has 0 spiro atoms. The van der Waals surface area contributed by atoms with Crippen molar-refractivity contribution in [1.29, 1.82) is 0 Å². The van der Waals surface area contributed by atoms with E-state index in [1.54, 1.807) is 24.3 Å². The number of rotatable bonds is 4. The molecule has 2 aromatic rings. The molecule has 0 saturated carbocycles. The molecule has 20 heavy (non-hydrogen) atoms. The summed E-state index contributed by atoms with van der Waals surface area (Å²) < 4.78 is 0. The molecule has 0 aliphatic carbocycles. The number of benzene rings is 1. The number of carbonyl (C=O) groups excluding carboxylic acids is 1. The normalized spacial score (nSPS) is 10.1. The van der Waals surface area contributed by atoms with E-state index in [1.165, 1.54) is 18.3 Å². The summed E-state index contributed by atoms with van der Waals surface area (Å²) >= 11 is 5.70. The largest absolute Gasteiger partial charge is 0.326 e. The lowest BCUT2D eigenvalue weighted by atomic mass is 10.1. The molecule has 0 fully saturated rings. The summed E-state index contributed by atoms with van der Waals surface area (Å²) in [7, 11) is 0. The van der Waals surface area contributed by atoms with Crippen molar-refractivity contribution in [1.82, 2.24) is 4.98 Å². The Balaban J connectivity index is 2.11. The third-order valence-electron chi connectivity index (χ3n) is 2.55. The molecule has 0 saturated heterocycles. The number of aromatic nitrogens is 1. The Labute approximate surface area is 119 Å². The van der Waals surface area contributed by atoms with Crippen LogP contribution in [0.1, 0.15) is 5.56 Å². The Bertz CT molecular complexity index is 661. The van der Waals surface area contributed by atoms with Gasteiger partial charge < -0.3 is 5.32 Å². The van der Waals surface area contributed by atoms with Gasteiger partial charge in [0.2, 0.25) is 5.91 Å². The first-order chi connectivity index (χ1) is 9.56. The highest BCUT2D eigenvalue weighted by molar-refractivity contribution is 6.29. The van der Waals surface area contributed by atoms with E-state index in [4.69, 9.17) is 11.6 Å². The maximum absolute atomic E-state index is 11.9. The summed E-state index contributed by atoms with van der Waals surface area (Å²) in [6.07, 6.45) is 1.38. The van der Waals surface area contributed by atoms with E-state index in [0.717, 1.165) is 0 Å². The Morgan fingerprint density at radius 3 is 2.80 bits per heavy atom. The number of hydrogen-bond acceptors (Lipinski definition) is 4. The second-order valence-electron chi connectivity index (χ2n) is 3.98. The van der Waals surface area contributed by atoms with Gasteiger partial charge in [0.25, 0.3) is 5.69 Å². The van der Waals surface area contributed by atoms with Crippen molar-refractivity contribution in [2.75, 3.05) is 5.32 Å². The monoisotopic (exact) mass is 291 g/mol. The van der Waals surface area contributed by atoms with E-state index in [-0.39, 0.29) is 23.2 Å². The zero-order chi connectivity index (χ0) is 14.5. The molecular weight excluding hydrogens is 282 g/mol. The lowest BCUT2D eigenvalue weighted by Crippen LogP contribution is -2.15. The van der Waals surface area contributed by atoms with Crippen molar-refractivity contribution in [3.63, 3.8) is 0 Å². The first-order valence-electron chi connectivity index (χ1n) is 5.70. The van der Waals surface area contributed by atoms with Crippen LogP contribution in [-0.2, 0) is 11.2 Å². The molecule has 1 heterocycles. The number of halogens is 1. The molecule has 0 unspecified atom stereocenters. The van der Waals surface area contributed by atoms with Crippen LogP contribution in [0.3, 0.4) is 0 Å². The summed E-state index contributed by atoms with van der Waals surface area (Å²) in [6, 6.07) is 9.21. The maximum atomic E-state index is 11.9. The van der Waals surface area contributed by atoms with Gasteiger partial charge in [0.15, 0.2) is 0 Å². The van der Waals surface area contributed by atoms with Gasteiger partial charge in [-0.2, -0.15) is 0 Å². The first kappa shape index (κ1) is 14.0. The van der Waals surface area contributed by atoms with Gasteiger partial charge in [-0.1, -0.05) is 29.8 Å². The molecule has 0 atom stereocenters. The number of nitrogens with one attached hydrogen (secondary N) is 1. The fraction of sp³-hybridized carbons (Fsp3) is 0.0769. The van der Waals surface area contributed by atoms with Crippen LogP contribution in [0.2, 0.25) is 5.15 Å². The van der Waals surface area contributed by atoms with Crippen LogP contribution in [-0.4, -0.2) is 15.8 Å². The molecule has 0 aliphatic rings. The van der Waals surface area contributed by atoms with Crippen LogP contribution < -0.4 is 5.32 Å².